The number of pyridine rings is 1. The highest BCUT2D eigenvalue weighted by atomic mass is 16.6. The Morgan fingerprint density at radius 3 is 2.43 bits per heavy atom. The maximum Gasteiger partial charge on any atom is 0.412 e. The zero-order valence-corrected chi connectivity index (χ0v) is 17.4. The van der Waals surface area contributed by atoms with Gasteiger partial charge in [-0.1, -0.05) is 35.9 Å². The van der Waals surface area contributed by atoms with Crippen molar-refractivity contribution in [1.82, 2.24) is 14.7 Å². The van der Waals surface area contributed by atoms with Crippen molar-refractivity contribution in [3.63, 3.8) is 0 Å². The normalized spacial score (nSPS) is 13.6. The molecule has 0 aliphatic heterocycles. The molecule has 1 aliphatic rings. The van der Waals surface area contributed by atoms with Crippen LogP contribution in [-0.4, -0.2) is 22.6 Å². The van der Waals surface area contributed by atoms with E-state index in [1.165, 1.54) is 5.56 Å². The van der Waals surface area contributed by atoms with E-state index in [0.29, 0.717) is 18.7 Å². The maximum absolute atomic E-state index is 12.4. The molecular weight excluding hydrogens is 378 g/mol. The van der Waals surface area contributed by atoms with Crippen molar-refractivity contribution in [2.45, 2.75) is 33.2 Å². The van der Waals surface area contributed by atoms with Gasteiger partial charge in [-0.3, -0.25) is 0 Å². The molecule has 1 amide bonds. The molecule has 0 bridgehead atoms. The molecule has 3 aromatic rings. The van der Waals surface area contributed by atoms with Gasteiger partial charge in [0, 0.05) is 24.6 Å². The van der Waals surface area contributed by atoms with Gasteiger partial charge in [-0.2, -0.15) is 0 Å². The van der Waals surface area contributed by atoms with Crippen LogP contribution in [0.1, 0.15) is 29.7 Å². The fourth-order valence-electron chi connectivity index (χ4n) is 3.48. The molecule has 0 spiro atoms. The lowest BCUT2D eigenvalue weighted by atomic mass is 10.1. The van der Waals surface area contributed by atoms with E-state index in [4.69, 9.17) is 14.5 Å². The molecule has 2 aromatic heterocycles. The van der Waals surface area contributed by atoms with E-state index in [1.807, 2.05) is 35.7 Å². The second kappa shape index (κ2) is 8.45. The second-order valence-corrected chi connectivity index (χ2v) is 7.42. The van der Waals surface area contributed by atoms with Gasteiger partial charge in [-0.25, -0.2) is 9.78 Å². The Labute approximate surface area is 175 Å². The molecule has 30 heavy (non-hydrogen) atoms. The number of hydrogen-bond donors (Lipinski definition) is 1. The number of allylic oxidation sites excluding steroid dienone is 4. The molecule has 2 heterocycles. The van der Waals surface area contributed by atoms with Crippen LogP contribution in [-0.2, 0) is 16.0 Å². The Morgan fingerprint density at radius 2 is 1.73 bits per heavy atom. The van der Waals surface area contributed by atoms with Gasteiger partial charge in [0.05, 0.1) is 30.8 Å². The number of hydrogen-bond acceptors (Lipinski definition) is 4. The highest BCUT2D eigenvalue weighted by Crippen LogP contribution is 2.26. The first-order chi connectivity index (χ1) is 14.5. The van der Waals surface area contributed by atoms with Crippen LogP contribution in [0.5, 0.6) is 0 Å². The minimum atomic E-state index is -0.479. The summed E-state index contributed by atoms with van der Waals surface area (Å²) < 4.78 is 12.7. The summed E-state index contributed by atoms with van der Waals surface area (Å²) in [6.07, 6.45) is 6.51. The Bertz CT molecular complexity index is 1140. The molecular formula is C24H25N3O3. The average Bonchev–Trinajstić information content (AvgIpc) is 3.11. The third-order valence-corrected chi connectivity index (χ3v) is 5.15. The molecule has 4 rings (SSSR count). The molecule has 154 valence electrons. The molecule has 1 N–H and O–H groups in total. The number of benzene rings is 1. The molecule has 0 radical (unpaired) electrons. The van der Waals surface area contributed by atoms with Gasteiger partial charge in [0.2, 0.25) is 0 Å². The fourth-order valence-corrected chi connectivity index (χ4v) is 3.48. The largest absolute Gasteiger partial charge is 0.501 e. The van der Waals surface area contributed by atoms with Crippen LogP contribution in [0.25, 0.3) is 16.9 Å². The number of aryl methyl sites for hydroxylation is 2. The molecule has 0 fully saturated rings. The molecule has 1 aliphatic carbocycles. The standard InChI is InChI=1S/C24H25N3O3/c1-16-4-7-18(8-5-16)23-21(27-15-17(2)6-13-22(27)26-23)14-25-24(28)30-20-11-9-19(29-3)10-12-20/h4-9,11,13,15H,10,12,14H2,1-3H3,(H,25,28). The molecule has 6 nitrogen and oxygen atoms in total. The maximum atomic E-state index is 12.4. The van der Waals surface area contributed by atoms with E-state index >= 15 is 0 Å². The number of fused-ring (bicyclic) bond motifs is 1. The first-order valence-corrected chi connectivity index (χ1v) is 9.97. The predicted octanol–water partition coefficient (Wildman–Crippen LogP) is 5.05. The average molecular weight is 403 g/mol. The van der Waals surface area contributed by atoms with Gasteiger partial charge < -0.3 is 19.2 Å². The summed E-state index contributed by atoms with van der Waals surface area (Å²) in [5, 5.41) is 2.88. The van der Waals surface area contributed by atoms with Crippen molar-refractivity contribution < 1.29 is 14.3 Å². The van der Waals surface area contributed by atoms with Gasteiger partial charge >= 0.3 is 6.09 Å². The zero-order valence-electron chi connectivity index (χ0n) is 17.4. The number of carbonyl (C=O) groups excluding carboxylic acids is 1. The fraction of sp³-hybridized carbons (Fsp3) is 0.250. The van der Waals surface area contributed by atoms with E-state index in [9.17, 15) is 4.79 Å². The SMILES string of the molecule is COC1=CC=C(OC(=O)NCc2c(-c3ccc(C)cc3)nc3ccc(C)cn23)CC1. The van der Waals surface area contributed by atoms with Gasteiger partial charge in [0.1, 0.15) is 11.4 Å². The van der Waals surface area contributed by atoms with E-state index in [2.05, 4.69) is 36.5 Å². The van der Waals surface area contributed by atoms with Crippen LogP contribution in [0.4, 0.5) is 4.79 Å². The van der Waals surface area contributed by atoms with E-state index in [1.54, 1.807) is 13.2 Å². The number of rotatable bonds is 5. The number of alkyl carbamates (subject to hydrolysis) is 1. The summed E-state index contributed by atoms with van der Waals surface area (Å²) in [5.41, 5.74) is 5.92. The third kappa shape index (κ3) is 4.22. The number of carbonyl (C=O) groups is 1. The Hall–Kier alpha value is -3.54. The molecule has 0 saturated carbocycles. The van der Waals surface area contributed by atoms with Crippen molar-refractivity contribution in [1.29, 1.82) is 0 Å². The first-order valence-electron chi connectivity index (χ1n) is 9.97. The number of ether oxygens (including phenoxy) is 2. The minimum absolute atomic E-state index is 0.305. The molecule has 0 atom stereocenters. The lowest BCUT2D eigenvalue weighted by Crippen LogP contribution is -2.25. The van der Waals surface area contributed by atoms with Crippen LogP contribution in [0.2, 0.25) is 0 Å². The molecule has 6 heteroatoms. The first kappa shape index (κ1) is 19.8. The lowest BCUT2D eigenvalue weighted by molar-refractivity contribution is 0.169. The summed E-state index contributed by atoms with van der Waals surface area (Å²) in [5.74, 6) is 1.51. The lowest BCUT2D eigenvalue weighted by Gasteiger charge is -2.14. The van der Waals surface area contributed by atoms with E-state index in [0.717, 1.165) is 40.3 Å². The van der Waals surface area contributed by atoms with Crippen LogP contribution in [0, 0.1) is 13.8 Å². The quantitative estimate of drug-likeness (QED) is 0.647. The van der Waals surface area contributed by atoms with Crippen molar-refractivity contribution in [2.75, 3.05) is 7.11 Å². The summed E-state index contributed by atoms with van der Waals surface area (Å²) in [6.45, 7) is 4.40. The highest BCUT2D eigenvalue weighted by molar-refractivity contribution is 5.71. The minimum Gasteiger partial charge on any atom is -0.501 e. The van der Waals surface area contributed by atoms with Crippen LogP contribution in [0.3, 0.4) is 0 Å². The van der Waals surface area contributed by atoms with Crippen molar-refractivity contribution >= 4 is 11.7 Å². The topological polar surface area (TPSA) is 64.9 Å². The number of aromatic nitrogens is 2. The summed E-state index contributed by atoms with van der Waals surface area (Å²) in [4.78, 5) is 17.2. The molecule has 1 aromatic carbocycles. The Balaban J connectivity index is 1.57. The van der Waals surface area contributed by atoms with Crippen molar-refractivity contribution in [3.05, 3.63) is 83.1 Å². The van der Waals surface area contributed by atoms with Crippen LogP contribution >= 0.6 is 0 Å². The summed E-state index contributed by atoms with van der Waals surface area (Å²) in [6, 6.07) is 12.3. The smallest absolute Gasteiger partial charge is 0.412 e. The number of nitrogens with zero attached hydrogens (tertiary/aromatic N) is 2. The van der Waals surface area contributed by atoms with E-state index < -0.39 is 6.09 Å². The highest BCUT2D eigenvalue weighted by Gasteiger charge is 2.17. The number of imidazole rings is 1. The molecule has 0 unspecified atom stereocenters. The monoisotopic (exact) mass is 403 g/mol. The summed E-state index contributed by atoms with van der Waals surface area (Å²) in [7, 11) is 1.64. The number of amides is 1. The third-order valence-electron chi connectivity index (χ3n) is 5.15. The number of methoxy groups -OCH3 is 1. The van der Waals surface area contributed by atoms with Gasteiger partial charge in [-0.15, -0.1) is 0 Å². The van der Waals surface area contributed by atoms with Gasteiger partial charge in [0.25, 0.3) is 0 Å². The van der Waals surface area contributed by atoms with Crippen LogP contribution < -0.4 is 5.32 Å². The van der Waals surface area contributed by atoms with Crippen molar-refractivity contribution in [3.8, 4) is 11.3 Å². The van der Waals surface area contributed by atoms with E-state index in [-0.39, 0.29) is 0 Å². The van der Waals surface area contributed by atoms with Gasteiger partial charge in [0.15, 0.2) is 0 Å². The van der Waals surface area contributed by atoms with Crippen molar-refractivity contribution in [2.24, 2.45) is 0 Å². The summed E-state index contributed by atoms with van der Waals surface area (Å²) >= 11 is 0. The zero-order chi connectivity index (χ0) is 21.1. The Morgan fingerprint density at radius 1 is 1.03 bits per heavy atom. The van der Waals surface area contributed by atoms with Gasteiger partial charge in [-0.05, 0) is 37.6 Å². The Kier molecular flexibility index (Phi) is 5.57. The van der Waals surface area contributed by atoms with Crippen LogP contribution in [0.15, 0.2) is 66.3 Å². The number of nitrogens with one attached hydrogen (secondary N) is 1. The second-order valence-electron chi connectivity index (χ2n) is 7.42. The predicted molar refractivity (Wildman–Crippen MR) is 116 cm³/mol. The molecule has 0 saturated heterocycles.